The molecule has 8 nitrogen and oxygen atoms in total. The molecule has 2 amide bonds. The van der Waals surface area contributed by atoms with Crippen molar-refractivity contribution in [1.82, 2.24) is 10.6 Å². The zero-order valence-electron chi connectivity index (χ0n) is 31.6. The Morgan fingerprint density at radius 3 is 1.44 bits per heavy atom. The van der Waals surface area contributed by atoms with Crippen LogP contribution < -0.4 is 10.6 Å². The number of carbonyl (C=O) groups is 2. The molecule has 1 aliphatic carbocycles. The second kappa shape index (κ2) is 16.1. The van der Waals surface area contributed by atoms with Crippen LogP contribution in [0.3, 0.4) is 0 Å². The van der Waals surface area contributed by atoms with Gasteiger partial charge in [0.25, 0.3) is 0 Å². The maximum Gasteiger partial charge on any atom is 0.229 e. The van der Waals surface area contributed by atoms with Gasteiger partial charge in [0, 0.05) is 19.6 Å². The molecule has 4 atom stereocenters. The highest BCUT2D eigenvalue weighted by Gasteiger charge is 2.62. The van der Waals surface area contributed by atoms with E-state index in [9.17, 15) is 9.59 Å². The Hall–Kier alpha value is -2.35. The predicted molar refractivity (Wildman–Crippen MR) is 199 cm³/mol. The third-order valence-electron chi connectivity index (χ3n) is 10.6. The summed E-state index contributed by atoms with van der Waals surface area (Å²) in [6.45, 7) is 27.2. The van der Waals surface area contributed by atoms with Crippen molar-refractivity contribution in [2.75, 3.05) is 26.4 Å². The summed E-state index contributed by atoms with van der Waals surface area (Å²) in [5.74, 6) is -3.21. The Bertz CT molecular complexity index is 1320. The van der Waals surface area contributed by atoms with Gasteiger partial charge in [-0.1, -0.05) is 102 Å². The molecule has 0 saturated heterocycles. The maximum atomic E-state index is 14.4. The van der Waals surface area contributed by atoms with Crippen LogP contribution in [-0.2, 0) is 27.9 Å². The van der Waals surface area contributed by atoms with Crippen LogP contribution in [0.2, 0.25) is 36.3 Å². The molecule has 0 aromatic heterocycles. The van der Waals surface area contributed by atoms with Crippen molar-refractivity contribution in [3.63, 3.8) is 0 Å². The van der Waals surface area contributed by atoms with E-state index < -0.39 is 40.3 Å². The fourth-order valence-corrected chi connectivity index (χ4v) is 7.55. The van der Waals surface area contributed by atoms with Crippen molar-refractivity contribution in [2.45, 2.75) is 116 Å². The number of ether oxygens (including phenoxy) is 2. The first-order chi connectivity index (χ1) is 22.3. The van der Waals surface area contributed by atoms with Gasteiger partial charge in [0.2, 0.25) is 11.8 Å². The monoisotopic (exact) mass is 698 g/mol. The minimum atomic E-state index is -2.12. The number of hydrogen-bond donors (Lipinski definition) is 2. The Kier molecular flexibility index (Phi) is 13.5. The quantitative estimate of drug-likeness (QED) is 0.136. The molecule has 0 radical (unpaired) electrons. The summed E-state index contributed by atoms with van der Waals surface area (Å²) in [4.78, 5) is 28.6. The smallest absolute Gasteiger partial charge is 0.229 e. The first kappa shape index (κ1) is 40.1. The molecule has 268 valence electrons. The van der Waals surface area contributed by atoms with Crippen LogP contribution in [0.1, 0.15) is 85.0 Å². The highest BCUT2D eigenvalue weighted by Crippen LogP contribution is 2.49. The lowest BCUT2D eigenvalue weighted by Gasteiger charge is -2.52. The molecule has 1 saturated carbocycles. The van der Waals surface area contributed by atoms with Crippen molar-refractivity contribution in [3.8, 4) is 0 Å². The zero-order chi connectivity index (χ0) is 36.0. The fraction of sp³-hybridized carbons (Fsp3) is 0.632. The highest BCUT2D eigenvalue weighted by atomic mass is 28.4. The third kappa shape index (κ3) is 9.66. The van der Waals surface area contributed by atoms with Gasteiger partial charge in [-0.25, -0.2) is 0 Å². The molecule has 1 aliphatic rings. The first-order valence-corrected chi connectivity index (χ1v) is 23.4. The van der Waals surface area contributed by atoms with Crippen molar-refractivity contribution in [3.05, 3.63) is 71.8 Å². The van der Waals surface area contributed by atoms with Crippen LogP contribution >= 0.6 is 0 Å². The van der Waals surface area contributed by atoms with E-state index in [-0.39, 0.29) is 34.4 Å². The van der Waals surface area contributed by atoms with Crippen LogP contribution in [-0.4, -0.2) is 60.7 Å². The number of amides is 2. The molecule has 2 aromatic carbocycles. The van der Waals surface area contributed by atoms with E-state index in [0.29, 0.717) is 26.4 Å². The van der Waals surface area contributed by atoms with Gasteiger partial charge in [0.15, 0.2) is 22.4 Å². The molecule has 0 bridgehead atoms. The molecule has 3 rings (SSSR count). The Morgan fingerprint density at radius 2 is 1.08 bits per heavy atom. The molecule has 10 heteroatoms. The van der Waals surface area contributed by atoms with Crippen LogP contribution in [0.5, 0.6) is 0 Å². The second-order valence-corrected chi connectivity index (χ2v) is 25.7. The SMILES string of the molecule is CCOC1(OCC)C[C@H](C(=O)N[C@@H](CO[Si](C)(C)C(C)(C)C)c2ccccc2)[C@H]1C(=O)N[C@@H](CO[Si](C)(C)C(C)(C)C)c1ccccc1. The minimum absolute atomic E-state index is 0.0120. The Morgan fingerprint density at radius 1 is 0.708 bits per heavy atom. The molecule has 1 fully saturated rings. The molecule has 0 spiro atoms. The summed E-state index contributed by atoms with van der Waals surface area (Å²) >= 11 is 0. The van der Waals surface area contributed by atoms with Gasteiger partial charge in [-0.15, -0.1) is 0 Å². The molecule has 48 heavy (non-hydrogen) atoms. The zero-order valence-corrected chi connectivity index (χ0v) is 33.6. The van der Waals surface area contributed by atoms with E-state index in [1.54, 1.807) is 0 Å². The Labute approximate surface area is 292 Å². The largest absolute Gasteiger partial charge is 0.414 e. The normalized spacial score (nSPS) is 19.6. The molecule has 2 N–H and O–H groups in total. The molecular formula is C38H62N2O6Si2. The predicted octanol–water partition coefficient (Wildman–Crippen LogP) is 8.15. The summed E-state index contributed by atoms with van der Waals surface area (Å²) in [5, 5.41) is 6.56. The fourth-order valence-electron chi connectivity index (χ4n) is 5.52. The lowest BCUT2D eigenvalue weighted by Crippen LogP contribution is -2.66. The molecule has 0 heterocycles. The van der Waals surface area contributed by atoms with E-state index in [1.807, 2.05) is 74.5 Å². The van der Waals surface area contributed by atoms with Gasteiger partial charge in [0.1, 0.15) is 5.92 Å². The average Bonchev–Trinajstić information content (AvgIpc) is 2.99. The van der Waals surface area contributed by atoms with Crippen LogP contribution in [0.25, 0.3) is 0 Å². The summed E-state index contributed by atoms with van der Waals surface area (Å²) < 4.78 is 25.6. The summed E-state index contributed by atoms with van der Waals surface area (Å²) in [7, 11) is -4.21. The highest BCUT2D eigenvalue weighted by molar-refractivity contribution is 6.74. The molecule has 2 aromatic rings. The van der Waals surface area contributed by atoms with Crippen LogP contribution in [0, 0.1) is 11.8 Å². The summed E-state index contributed by atoms with van der Waals surface area (Å²) in [6.07, 6.45) is 0.277. The first-order valence-electron chi connectivity index (χ1n) is 17.5. The number of carbonyl (C=O) groups excluding carboxylic acids is 2. The van der Waals surface area contributed by atoms with Gasteiger partial charge in [0.05, 0.1) is 31.2 Å². The van der Waals surface area contributed by atoms with Gasteiger partial charge in [-0.2, -0.15) is 0 Å². The van der Waals surface area contributed by atoms with Crippen molar-refractivity contribution < 1.29 is 27.9 Å². The van der Waals surface area contributed by atoms with Gasteiger partial charge < -0.3 is 29.0 Å². The third-order valence-corrected chi connectivity index (χ3v) is 19.6. The lowest BCUT2D eigenvalue weighted by atomic mass is 9.66. The van der Waals surface area contributed by atoms with Gasteiger partial charge in [-0.3, -0.25) is 9.59 Å². The van der Waals surface area contributed by atoms with Crippen molar-refractivity contribution >= 4 is 28.4 Å². The minimum Gasteiger partial charge on any atom is -0.414 e. The lowest BCUT2D eigenvalue weighted by molar-refractivity contribution is -0.315. The molecule has 0 unspecified atom stereocenters. The summed E-state index contributed by atoms with van der Waals surface area (Å²) in [6, 6.07) is 19.0. The average molecular weight is 699 g/mol. The number of benzene rings is 2. The van der Waals surface area contributed by atoms with Crippen LogP contribution in [0.4, 0.5) is 0 Å². The van der Waals surface area contributed by atoms with E-state index in [4.69, 9.17) is 18.3 Å². The van der Waals surface area contributed by atoms with Crippen molar-refractivity contribution in [2.24, 2.45) is 11.8 Å². The maximum absolute atomic E-state index is 14.4. The summed E-state index contributed by atoms with van der Waals surface area (Å²) in [5.41, 5.74) is 1.90. The van der Waals surface area contributed by atoms with E-state index in [0.717, 1.165) is 11.1 Å². The van der Waals surface area contributed by atoms with E-state index >= 15 is 0 Å². The van der Waals surface area contributed by atoms with E-state index in [2.05, 4.69) is 78.4 Å². The number of rotatable bonds is 16. The van der Waals surface area contributed by atoms with Crippen LogP contribution in [0.15, 0.2) is 60.7 Å². The topological polar surface area (TPSA) is 95.1 Å². The standard InChI is InChI=1S/C38H62N2O6Si2/c1-13-43-38(44-14-2)25-30(34(41)39-31(28-21-17-15-18-22-28)26-45-47(9,10)36(3,4)5)33(38)35(42)40-32(29-23-19-16-20-24-29)27-46-48(11,12)37(6,7)8/h15-24,30-33H,13-14,25-27H2,1-12H3,(H,39,41)(H,40,42)/t30-,31-,32-,33-/m0/s1. The van der Waals surface area contributed by atoms with Gasteiger partial charge >= 0.3 is 0 Å². The molecule has 0 aliphatic heterocycles. The van der Waals surface area contributed by atoms with Gasteiger partial charge in [-0.05, 0) is 61.2 Å². The number of hydrogen-bond acceptors (Lipinski definition) is 6. The second-order valence-electron chi connectivity index (χ2n) is 16.1. The Balaban J connectivity index is 1.91. The van der Waals surface area contributed by atoms with Crippen molar-refractivity contribution in [1.29, 1.82) is 0 Å². The van der Waals surface area contributed by atoms with E-state index in [1.165, 1.54) is 0 Å². The molecular weight excluding hydrogens is 637 g/mol. The number of nitrogens with one attached hydrogen (secondary N) is 2.